The van der Waals surface area contributed by atoms with E-state index in [2.05, 4.69) is 13.8 Å². The van der Waals surface area contributed by atoms with E-state index in [1.807, 2.05) is 0 Å². The lowest BCUT2D eigenvalue weighted by molar-refractivity contribution is 0.0218. The molecular formula is C17H25FO2. The highest BCUT2D eigenvalue weighted by Gasteiger charge is 2.34. The van der Waals surface area contributed by atoms with Crippen LogP contribution >= 0.6 is 0 Å². The van der Waals surface area contributed by atoms with Gasteiger partial charge in [-0.2, -0.15) is 0 Å². The minimum Gasteiger partial charge on any atom is -0.494 e. The number of hydrogen-bond donors (Lipinski definition) is 1. The summed E-state index contributed by atoms with van der Waals surface area (Å²) >= 11 is 0. The lowest BCUT2D eigenvalue weighted by Crippen LogP contribution is -2.31. The average molecular weight is 280 g/mol. The number of rotatable bonds is 3. The molecule has 1 unspecified atom stereocenters. The maximum Gasteiger partial charge on any atom is 0.168 e. The van der Waals surface area contributed by atoms with Crippen LogP contribution in [0.4, 0.5) is 4.39 Å². The highest BCUT2D eigenvalue weighted by Crippen LogP contribution is 2.40. The molecule has 1 aromatic rings. The number of benzene rings is 1. The first-order valence-corrected chi connectivity index (χ1v) is 7.39. The van der Waals surface area contributed by atoms with E-state index in [1.165, 1.54) is 7.11 Å². The summed E-state index contributed by atoms with van der Waals surface area (Å²) < 4.78 is 19.2. The summed E-state index contributed by atoms with van der Waals surface area (Å²) in [4.78, 5) is 0. The monoisotopic (exact) mass is 280 g/mol. The molecule has 0 bridgehead atoms. The van der Waals surface area contributed by atoms with Crippen molar-refractivity contribution in [3.63, 3.8) is 0 Å². The Morgan fingerprint density at radius 1 is 1.20 bits per heavy atom. The lowest BCUT2D eigenvalue weighted by Gasteiger charge is -2.28. The molecule has 0 heterocycles. The second-order valence-electron chi connectivity index (χ2n) is 6.85. The third-order valence-electron chi connectivity index (χ3n) is 4.55. The van der Waals surface area contributed by atoms with Crippen LogP contribution in [0.25, 0.3) is 0 Å². The Kier molecular flexibility index (Phi) is 4.38. The van der Waals surface area contributed by atoms with E-state index in [0.717, 1.165) is 32.1 Å². The van der Waals surface area contributed by atoms with Crippen molar-refractivity contribution in [2.75, 3.05) is 7.11 Å². The summed E-state index contributed by atoms with van der Waals surface area (Å²) in [5.74, 6) is -0.0908. The summed E-state index contributed by atoms with van der Waals surface area (Å²) in [5, 5.41) is 10.8. The summed E-state index contributed by atoms with van der Waals surface area (Å²) in [6.07, 6.45) is 4.94. The van der Waals surface area contributed by atoms with Crippen molar-refractivity contribution in [3.05, 3.63) is 29.6 Å². The molecule has 3 heteroatoms. The van der Waals surface area contributed by atoms with Gasteiger partial charge in [0, 0.05) is 6.42 Å². The summed E-state index contributed by atoms with van der Waals surface area (Å²) in [6, 6.07) is 5.13. The van der Waals surface area contributed by atoms with Gasteiger partial charge in [0.15, 0.2) is 11.6 Å². The molecule has 2 nitrogen and oxygen atoms in total. The van der Waals surface area contributed by atoms with E-state index in [0.29, 0.717) is 12.0 Å². The minimum atomic E-state index is -0.791. The van der Waals surface area contributed by atoms with E-state index in [4.69, 9.17) is 4.74 Å². The maximum absolute atomic E-state index is 14.2. The van der Waals surface area contributed by atoms with Gasteiger partial charge in [0.2, 0.25) is 0 Å². The van der Waals surface area contributed by atoms with Crippen LogP contribution in [0.1, 0.15) is 51.5 Å². The van der Waals surface area contributed by atoms with Crippen LogP contribution in [0.2, 0.25) is 0 Å². The molecule has 0 radical (unpaired) electrons. The first kappa shape index (κ1) is 15.3. The van der Waals surface area contributed by atoms with Crippen LogP contribution in [-0.2, 0) is 6.42 Å². The molecule has 1 saturated carbocycles. The zero-order chi connectivity index (χ0) is 14.8. The highest BCUT2D eigenvalue weighted by molar-refractivity contribution is 5.32. The van der Waals surface area contributed by atoms with Crippen LogP contribution in [-0.4, -0.2) is 17.8 Å². The molecule has 1 aromatic carbocycles. The fourth-order valence-electron chi connectivity index (χ4n) is 3.10. The molecular weight excluding hydrogens is 255 g/mol. The van der Waals surface area contributed by atoms with Crippen molar-refractivity contribution in [1.29, 1.82) is 0 Å². The summed E-state index contributed by atoms with van der Waals surface area (Å²) in [5.41, 5.74) is 0.0322. The Balaban J connectivity index is 2.16. The SMILES string of the molecule is COc1cccc(CC2(O)CCCC(C)(C)CC2)c1F. The van der Waals surface area contributed by atoms with E-state index in [-0.39, 0.29) is 17.0 Å². The first-order chi connectivity index (χ1) is 9.35. The predicted molar refractivity (Wildman–Crippen MR) is 78.5 cm³/mol. The van der Waals surface area contributed by atoms with Gasteiger partial charge in [-0.1, -0.05) is 32.4 Å². The van der Waals surface area contributed by atoms with Gasteiger partial charge in [0.25, 0.3) is 0 Å². The molecule has 0 aliphatic heterocycles. The molecule has 1 aliphatic rings. The van der Waals surface area contributed by atoms with E-state index >= 15 is 0 Å². The Morgan fingerprint density at radius 2 is 1.95 bits per heavy atom. The molecule has 1 aliphatic carbocycles. The molecule has 0 aromatic heterocycles. The Hall–Kier alpha value is -1.09. The van der Waals surface area contributed by atoms with Crippen molar-refractivity contribution in [1.82, 2.24) is 0 Å². The summed E-state index contributed by atoms with van der Waals surface area (Å²) in [7, 11) is 1.46. The molecule has 20 heavy (non-hydrogen) atoms. The third kappa shape index (κ3) is 3.51. The van der Waals surface area contributed by atoms with Gasteiger partial charge in [0.1, 0.15) is 0 Å². The Morgan fingerprint density at radius 3 is 2.65 bits per heavy atom. The lowest BCUT2D eigenvalue weighted by atomic mass is 9.83. The van der Waals surface area contributed by atoms with E-state index < -0.39 is 5.60 Å². The number of halogens is 1. The van der Waals surface area contributed by atoms with Crippen molar-refractivity contribution in [3.8, 4) is 5.75 Å². The second kappa shape index (κ2) is 5.72. The van der Waals surface area contributed by atoms with Crippen LogP contribution < -0.4 is 4.74 Å². The number of ether oxygens (including phenoxy) is 1. The van der Waals surface area contributed by atoms with E-state index in [9.17, 15) is 9.50 Å². The van der Waals surface area contributed by atoms with Gasteiger partial charge in [-0.25, -0.2) is 4.39 Å². The van der Waals surface area contributed by atoms with Crippen molar-refractivity contribution in [2.45, 2.75) is 58.0 Å². The number of aliphatic hydroxyl groups is 1. The van der Waals surface area contributed by atoms with Crippen LogP contribution in [0.15, 0.2) is 18.2 Å². The quantitative estimate of drug-likeness (QED) is 0.845. The van der Waals surface area contributed by atoms with E-state index in [1.54, 1.807) is 18.2 Å². The normalized spacial score (nSPS) is 26.1. The third-order valence-corrected chi connectivity index (χ3v) is 4.55. The predicted octanol–water partition coefficient (Wildman–Crippen LogP) is 4.10. The Labute approximate surface area is 121 Å². The Bertz CT molecular complexity index is 470. The first-order valence-electron chi connectivity index (χ1n) is 7.39. The number of methoxy groups -OCH3 is 1. The molecule has 1 N–H and O–H groups in total. The van der Waals surface area contributed by atoms with Gasteiger partial charge in [-0.3, -0.25) is 0 Å². The molecule has 0 spiro atoms. The summed E-state index contributed by atoms with van der Waals surface area (Å²) in [6.45, 7) is 4.48. The van der Waals surface area contributed by atoms with Gasteiger partial charge < -0.3 is 9.84 Å². The van der Waals surface area contributed by atoms with Crippen LogP contribution in [0.3, 0.4) is 0 Å². The van der Waals surface area contributed by atoms with Gasteiger partial charge in [-0.15, -0.1) is 0 Å². The molecule has 0 amide bonds. The van der Waals surface area contributed by atoms with Crippen molar-refractivity contribution in [2.24, 2.45) is 5.41 Å². The fourth-order valence-corrected chi connectivity index (χ4v) is 3.10. The smallest absolute Gasteiger partial charge is 0.168 e. The molecule has 112 valence electrons. The standard InChI is InChI=1S/C17H25FO2/c1-16(2)8-5-9-17(19,11-10-16)12-13-6-4-7-14(20-3)15(13)18/h4,6-7,19H,5,8-12H2,1-3H3. The molecule has 1 fully saturated rings. The minimum absolute atomic E-state index is 0.250. The molecule has 0 saturated heterocycles. The second-order valence-corrected chi connectivity index (χ2v) is 6.85. The molecule has 2 rings (SSSR count). The fraction of sp³-hybridized carbons (Fsp3) is 0.647. The molecule has 1 atom stereocenters. The largest absolute Gasteiger partial charge is 0.494 e. The van der Waals surface area contributed by atoms with Gasteiger partial charge in [-0.05, 0) is 42.7 Å². The average Bonchev–Trinajstić information content (AvgIpc) is 2.52. The van der Waals surface area contributed by atoms with Crippen molar-refractivity contribution < 1.29 is 14.2 Å². The zero-order valence-corrected chi connectivity index (χ0v) is 12.7. The number of hydrogen-bond acceptors (Lipinski definition) is 2. The van der Waals surface area contributed by atoms with Crippen molar-refractivity contribution >= 4 is 0 Å². The van der Waals surface area contributed by atoms with Gasteiger partial charge >= 0.3 is 0 Å². The van der Waals surface area contributed by atoms with Crippen LogP contribution in [0.5, 0.6) is 5.75 Å². The highest BCUT2D eigenvalue weighted by atomic mass is 19.1. The maximum atomic E-state index is 14.2. The zero-order valence-electron chi connectivity index (χ0n) is 12.7. The van der Waals surface area contributed by atoms with Gasteiger partial charge in [0.05, 0.1) is 12.7 Å². The van der Waals surface area contributed by atoms with Crippen LogP contribution in [0, 0.1) is 11.2 Å². The topological polar surface area (TPSA) is 29.5 Å².